The second kappa shape index (κ2) is 9.97. The number of carbonyl (C=O) groups is 1. The van der Waals surface area contributed by atoms with Crippen LogP contribution in [0.2, 0.25) is 0 Å². The summed E-state index contributed by atoms with van der Waals surface area (Å²) in [4.78, 5) is 11.2. The molecule has 0 aliphatic heterocycles. The van der Waals surface area contributed by atoms with Crippen LogP contribution < -0.4 is 5.32 Å². The average molecular weight is 215 g/mol. The lowest BCUT2D eigenvalue weighted by atomic mass is 10.2. The third-order valence-electron chi connectivity index (χ3n) is 2.18. The molecule has 0 saturated heterocycles. The van der Waals surface area contributed by atoms with Gasteiger partial charge >= 0.3 is 0 Å². The van der Waals surface area contributed by atoms with Gasteiger partial charge in [-0.1, -0.05) is 27.2 Å². The number of hydrogen-bond acceptors (Lipinski definition) is 2. The Bertz CT molecular complexity index is 158. The molecule has 3 heteroatoms. The van der Waals surface area contributed by atoms with Crippen molar-refractivity contribution in [3.63, 3.8) is 0 Å². The summed E-state index contributed by atoms with van der Waals surface area (Å²) in [7, 11) is 0. The molecule has 0 aromatic rings. The van der Waals surface area contributed by atoms with Crippen molar-refractivity contribution in [3.05, 3.63) is 0 Å². The third-order valence-corrected chi connectivity index (χ3v) is 2.18. The van der Waals surface area contributed by atoms with Gasteiger partial charge in [-0.2, -0.15) is 0 Å². The Kier molecular flexibility index (Phi) is 9.59. The first-order chi connectivity index (χ1) is 7.18. The van der Waals surface area contributed by atoms with E-state index < -0.39 is 0 Å². The number of nitrogens with one attached hydrogen (secondary N) is 1. The first-order valence-corrected chi connectivity index (χ1v) is 6.04. The van der Waals surface area contributed by atoms with Gasteiger partial charge in [-0.3, -0.25) is 4.79 Å². The highest BCUT2D eigenvalue weighted by molar-refractivity contribution is 5.77. The van der Waals surface area contributed by atoms with Crippen LogP contribution in [0.4, 0.5) is 0 Å². The van der Waals surface area contributed by atoms with Gasteiger partial charge in [0.25, 0.3) is 0 Å². The van der Waals surface area contributed by atoms with Crippen LogP contribution in [0, 0.1) is 5.92 Å². The van der Waals surface area contributed by atoms with Crippen molar-refractivity contribution >= 4 is 5.91 Å². The quantitative estimate of drug-likeness (QED) is 0.600. The van der Waals surface area contributed by atoms with E-state index in [1.165, 1.54) is 6.42 Å². The number of unbranched alkanes of at least 4 members (excludes halogenated alkanes) is 2. The lowest BCUT2D eigenvalue weighted by molar-refractivity contribution is -0.123. The molecule has 0 unspecified atom stereocenters. The predicted molar refractivity (Wildman–Crippen MR) is 62.8 cm³/mol. The second-order valence-electron chi connectivity index (χ2n) is 4.12. The highest BCUT2D eigenvalue weighted by atomic mass is 16.5. The molecule has 0 radical (unpaired) electrons. The normalized spacial score (nSPS) is 10.7. The molecule has 0 atom stereocenters. The Morgan fingerprint density at radius 3 is 2.47 bits per heavy atom. The lowest BCUT2D eigenvalue weighted by Crippen LogP contribution is -2.28. The van der Waals surface area contributed by atoms with Crippen molar-refractivity contribution in [2.45, 2.75) is 46.5 Å². The molecule has 0 aromatic heterocycles. The Labute approximate surface area is 93.6 Å². The van der Waals surface area contributed by atoms with Crippen LogP contribution in [0.1, 0.15) is 46.5 Å². The minimum Gasteiger partial charge on any atom is -0.381 e. The highest BCUT2D eigenvalue weighted by Crippen LogP contribution is 1.94. The summed E-state index contributed by atoms with van der Waals surface area (Å²) in [5.74, 6) is 0.229. The van der Waals surface area contributed by atoms with E-state index in [1.807, 2.05) is 13.8 Å². The molecule has 0 fully saturated rings. The van der Waals surface area contributed by atoms with E-state index in [0.29, 0.717) is 0 Å². The monoisotopic (exact) mass is 215 g/mol. The van der Waals surface area contributed by atoms with E-state index in [9.17, 15) is 4.79 Å². The standard InChI is InChI=1S/C12H25NO2/c1-4-5-9-15-10-7-6-8-13-12(14)11(2)3/h11H,4-10H2,1-3H3,(H,13,14). The van der Waals surface area contributed by atoms with Crippen molar-refractivity contribution in [1.29, 1.82) is 0 Å². The van der Waals surface area contributed by atoms with Crippen LogP contribution in [-0.2, 0) is 9.53 Å². The van der Waals surface area contributed by atoms with E-state index in [0.717, 1.165) is 39.0 Å². The zero-order valence-corrected chi connectivity index (χ0v) is 10.3. The smallest absolute Gasteiger partial charge is 0.222 e. The molecule has 3 nitrogen and oxygen atoms in total. The fourth-order valence-corrected chi connectivity index (χ4v) is 1.09. The minimum absolute atomic E-state index is 0.0887. The minimum atomic E-state index is 0.0887. The molecule has 0 saturated carbocycles. The summed E-state index contributed by atoms with van der Waals surface area (Å²) in [5.41, 5.74) is 0. The molecule has 0 aliphatic rings. The molecule has 0 rings (SSSR count). The van der Waals surface area contributed by atoms with E-state index in [1.54, 1.807) is 0 Å². The van der Waals surface area contributed by atoms with Crippen LogP contribution in [-0.4, -0.2) is 25.7 Å². The summed E-state index contributed by atoms with van der Waals surface area (Å²) in [6, 6.07) is 0. The van der Waals surface area contributed by atoms with Crippen LogP contribution >= 0.6 is 0 Å². The van der Waals surface area contributed by atoms with Gasteiger partial charge in [-0.05, 0) is 19.3 Å². The molecule has 0 heterocycles. The SMILES string of the molecule is CCCCOCCCCNC(=O)C(C)C. The summed E-state index contributed by atoms with van der Waals surface area (Å²) < 4.78 is 5.42. The summed E-state index contributed by atoms with van der Waals surface area (Å²) in [6.07, 6.45) is 4.36. The second-order valence-corrected chi connectivity index (χ2v) is 4.12. The maximum Gasteiger partial charge on any atom is 0.222 e. The van der Waals surface area contributed by atoms with E-state index >= 15 is 0 Å². The number of carbonyl (C=O) groups excluding carboxylic acids is 1. The largest absolute Gasteiger partial charge is 0.381 e. The molecule has 1 amide bonds. The zero-order valence-electron chi connectivity index (χ0n) is 10.3. The fraction of sp³-hybridized carbons (Fsp3) is 0.917. The number of hydrogen-bond donors (Lipinski definition) is 1. The maximum absolute atomic E-state index is 11.2. The first-order valence-electron chi connectivity index (χ1n) is 6.04. The van der Waals surface area contributed by atoms with Crippen LogP contribution in [0.5, 0.6) is 0 Å². The van der Waals surface area contributed by atoms with E-state index in [4.69, 9.17) is 4.74 Å². The van der Waals surface area contributed by atoms with Crippen molar-refractivity contribution in [1.82, 2.24) is 5.32 Å². The Morgan fingerprint density at radius 1 is 1.20 bits per heavy atom. The van der Waals surface area contributed by atoms with E-state index in [2.05, 4.69) is 12.2 Å². The van der Waals surface area contributed by atoms with Gasteiger partial charge in [-0.25, -0.2) is 0 Å². The van der Waals surface area contributed by atoms with Gasteiger partial charge in [0.1, 0.15) is 0 Å². The van der Waals surface area contributed by atoms with Crippen LogP contribution in [0.3, 0.4) is 0 Å². The topological polar surface area (TPSA) is 38.3 Å². The third kappa shape index (κ3) is 9.73. The fourth-order valence-electron chi connectivity index (χ4n) is 1.09. The van der Waals surface area contributed by atoms with Crippen molar-refractivity contribution < 1.29 is 9.53 Å². The van der Waals surface area contributed by atoms with Crippen molar-refractivity contribution in [2.75, 3.05) is 19.8 Å². The Morgan fingerprint density at radius 2 is 1.87 bits per heavy atom. The van der Waals surface area contributed by atoms with Crippen LogP contribution in [0.25, 0.3) is 0 Å². The van der Waals surface area contributed by atoms with Crippen LogP contribution in [0.15, 0.2) is 0 Å². The molecule has 15 heavy (non-hydrogen) atoms. The molecule has 0 spiro atoms. The molecule has 1 N–H and O–H groups in total. The van der Waals surface area contributed by atoms with Gasteiger partial charge < -0.3 is 10.1 Å². The summed E-state index contributed by atoms with van der Waals surface area (Å²) >= 11 is 0. The first kappa shape index (κ1) is 14.4. The Balaban J connectivity index is 3.08. The molecular weight excluding hydrogens is 190 g/mol. The molecule has 0 bridgehead atoms. The Hall–Kier alpha value is -0.570. The van der Waals surface area contributed by atoms with Gasteiger partial charge in [0.15, 0.2) is 0 Å². The predicted octanol–water partition coefficient (Wildman–Crippen LogP) is 2.36. The van der Waals surface area contributed by atoms with Crippen molar-refractivity contribution in [3.8, 4) is 0 Å². The maximum atomic E-state index is 11.2. The number of amides is 1. The molecule has 90 valence electrons. The van der Waals surface area contributed by atoms with Gasteiger partial charge in [0.05, 0.1) is 0 Å². The van der Waals surface area contributed by atoms with Crippen molar-refractivity contribution in [2.24, 2.45) is 5.92 Å². The molecule has 0 aromatic carbocycles. The molecule has 0 aliphatic carbocycles. The number of ether oxygens (including phenoxy) is 1. The lowest BCUT2D eigenvalue weighted by Gasteiger charge is -2.07. The van der Waals surface area contributed by atoms with E-state index in [-0.39, 0.29) is 11.8 Å². The zero-order chi connectivity index (χ0) is 11.5. The number of rotatable bonds is 9. The average Bonchev–Trinajstić information content (AvgIpc) is 2.21. The highest BCUT2D eigenvalue weighted by Gasteiger charge is 2.04. The summed E-state index contributed by atoms with van der Waals surface area (Å²) in [6.45, 7) is 8.43. The van der Waals surface area contributed by atoms with Gasteiger partial charge in [0.2, 0.25) is 5.91 Å². The molecular formula is C12H25NO2. The van der Waals surface area contributed by atoms with Gasteiger partial charge in [-0.15, -0.1) is 0 Å². The summed E-state index contributed by atoms with van der Waals surface area (Å²) in [5, 5.41) is 2.89. The van der Waals surface area contributed by atoms with Gasteiger partial charge in [0, 0.05) is 25.7 Å².